The number of aliphatic imine (C=N–C) groups is 1. The van der Waals surface area contributed by atoms with Crippen LogP contribution in [0.4, 0.5) is 0 Å². The molecule has 2 N–H and O–H groups in total. The first-order chi connectivity index (χ1) is 9.70. The van der Waals surface area contributed by atoms with Crippen molar-refractivity contribution in [3.8, 4) is 0 Å². The molecule has 21 heavy (non-hydrogen) atoms. The van der Waals surface area contributed by atoms with Gasteiger partial charge in [0.2, 0.25) is 0 Å². The van der Waals surface area contributed by atoms with Crippen LogP contribution in [0.5, 0.6) is 0 Å². The van der Waals surface area contributed by atoms with E-state index in [1.807, 2.05) is 0 Å². The number of hydrogen-bond acceptors (Lipinski definition) is 2. The fourth-order valence-corrected chi connectivity index (χ4v) is 3.18. The minimum absolute atomic E-state index is 0. The zero-order valence-corrected chi connectivity index (χ0v) is 16.2. The molecular weight excluding hydrogens is 375 g/mol. The number of guanidine groups is 1. The molecule has 0 saturated heterocycles. The molecule has 0 bridgehead atoms. The lowest BCUT2D eigenvalue weighted by molar-refractivity contribution is 0.176. The van der Waals surface area contributed by atoms with E-state index < -0.39 is 0 Å². The van der Waals surface area contributed by atoms with Crippen LogP contribution in [0.3, 0.4) is 0 Å². The van der Waals surface area contributed by atoms with Gasteiger partial charge >= 0.3 is 0 Å². The van der Waals surface area contributed by atoms with Gasteiger partial charge in [-0.15, -0.1) is 24.0 Å². The summed E-state index contributed by atoms with van der Waals surface area (Å²) in [5.74, 6) is 1.84. The molecule has 1 unspecified atom stereocenters. The van der Waals surface area contributed by atoms with Crippen molar-refractivity contribution in [1.82, 2.24) is 15.5 Å². The Morgan fingerprint density at radius 3 is 2.33 bits per heavy atom. The summed E-state index contributed by atoms with van der Waals surface area (Å²) < 4.78 is 0. The van der Waals surface area contributed by atoms with Crippen molar-refractivity contribution in [1.29, 1.82) is 0 Å². The van der Waals surface area contributed by atoms with Crippen molar-refractivity contribution in [3.63, 3.8) is 0 Å². The lowest BCUT2D eigenvalue weighted by Crippen LogP contribution is -2.42. The minimum Gasteiger partial charge on any atom is -0.357 e. The minimum atomic E-state index is 0. The van der Waals surface area contributed by atoms with E-state index in [0.29, 0.717) is 12.1 Å². The first-order valence-electron chi connectivity index (χ1n) is 8.42. The van der Waals surface area contributed by atoms with Crippen molar-refractivity contribution in [2.75, 3.05) is 27.2 Å². The maximum absolute atomic E-state index is 4.84. The van der Waals surface area contributed by atoms with E-state index in [0.717, 1.165) is 25.0 Å². The quantitative estimate of drug-likeness (QED) is 0.404. The molecule has 2 rings (SSSR count). The van der Waals surface area contributed by atoms with E-state index in [-0.39, 0.29) is 24.0 Å². The summed E-state index contributed by atoms with van der Waals surface area (Å²) in [7, 11) is 4.41. The standard InChI is InChI=1S/C16H32N4.HI/c1-4-17-16(19-14-10-11-14)18-12-15(20(2)3)13-8-6-5-7-9-13;/h13-15H,4-12H2,1-3H3,(H2,17,18,19);1H. The SMILES string of the molecule is CCNC(=NCC(C1CCCCC1)N(C)C)NC1CC1.I. The van der Waals surface area contributed by atoms with Crippen LogP contribution in [0.25, 0.3) is 0 Å². The molecule has 0 aromatic rings. The largest absolute Gasteiger partial charge is 0.357 e. The monoisotopic (exact) mass is 408 g/mol. The van der Waals surface area contributed by atoms with Crippen molar-refractivity contribution >= 4 is 29.9 Å². The summed E-state index contributed by atoms with van der Waals surface area (Å²) in [4.78, 5) is 7.22. The number of likely N-dealkylation sites (N-methyl/N-ethyl adjacent to an activating group) is 1. The molecule has 5 heteroatoms. The Bertz CT molecular complexity index is 309. The molecule has 0 amide bonds. The molecular formula is C16H33IN4. The maximum atomic E-state index is 4.84. The fraction of sp³-hybridized carbons (Fsp3) is 0.938. The number of nitrogens with one attached hydrogen (secondary N) is 2. The molecule has 1 atom stereocenters. The van der Waals surface area contributed by atoms with Crippen LogP contribution in [-0.2, 0) is 0 Å². The van der Waals surface area contributed by atoms with Gasteiger partial charge in [0.25, 0.3) is 0 Å². The van der Waals surface area contributed by atoms with Gasteiger partial charge in [-0.05, 0) is 52.6 Å². The molecule has 0 heterocycles. The Hall–Kier alpha value is -0.0400. The average Bonchev–Trinajstić information content (AvgIpc) is 3.24. The smallest absolute Gasteiger partial charge is 0.191 e. The molecule has 0 radical (unpaired) electrons. The number of rotatable bonds is 6. The molecule has 0 aromatic carbocycles. The summed E-state index contributed by atoms with van der Waals surface area (Å²) >= 11 is 0. The van der Waals surface area contributed by atoms with Gasteiger partial charge in [0.1, 0.15) is 0 Å². The third-order valence-corrected chi connectivity index (χ3v) is 4.56. The van der Waals surface area contributed by atoms with Crippen LogP contribution in [0.15, 0.2) is 4.99 Å². The Morgan fingerprint density at radius 2 is 1.81 bits per heavy atom. The van der Waals surface area contributed by atoms with E-state index in [2.05, 4.69) is 36.6 Å². The van der Waals surface area contributed by atoms with Crippen molar-refractivity contribution in [3.05, 3.63) is 0 Å². The Labute approximate surface area is 147 Å². The lowest BCUT2D eigenvalue weighted by atomic mass is 9.83. The van der Waals surface area contributed by atoms with Crippen LogP contribution in [0, 0.1) is 5.92 Å². The second kappa shape index (κ2) is 9.87. The summed E-state index contributed by atoms with van der Waals surface area (Å²) in [6.45, 7) is 3.99. The van der Waals surface area contributed by atoms with Gasteiger partial charge in [0.05, 0.1) is 6.54 Å². The second-order valence-electron chi connectivity index (χ2n) is 6.57. The Balaban J connectivity index is 0.00000220. The predicted molar refractivity (Wildman–Crippen MR) is 102 cm³/mol. The topological polar surface area (TPSA) is 39.7 Å². The summed E-state index contributed by atoms with van der Waals surface area (Å²) in [5, 5.41) is 6.88. The molecule has 2 fully saturated rings. The molecule has 4 nitrogen and oxygen atoms in total. The number of hydrogen-bond donors (Lipinski definition) is 2. The molecule has 2 saturated carbocycles. The number of nitrogens with zero attached hydrogens (tertiary/aromatic N) is 2. The average molecular weight is 408 g/mol. The first-order valence-corrected chi connectivity index (χ1v) is 8.42. The van der Waals surface area contributed by atoms with Gasteiger partial charge in [-0.25, -0.2) is 0 Å². The molecule has 0 aromatic heterocycles. The normalized spacial score (nSPS) is 21.8. The predicted octanol–water partition coefficient (Wildman–Crippen LogP) is 2.83. The summed E-state index contributed by atoms with van der Waals surface area (Å²) in [6, 6.07) is 1.25. The van der Waals surface area contributed by atoms with E-state index in [1.54, 1.807) is 0 Å². The van der Waals surface area contributed by atoms with E-state index in [9.17, 15) is 0 Å². The number of halogens is 1. The van der Waals surface area contributed by atoms with E-state index >= 15 is 0 Å². The van der Waals surface area contributed by atoms with E-state index in [1.165, 1.54) is 44.9 Å². The molecule has 124 valence electrons. The van der Waals surface area contributed by atoms with Gasteiger partial charge in [0, 0.05) is 18.6 Å². The molecule has 0 aliphatic heterocycles. The zero-order valence-electron chi connectivity index (χ0n) is 13.9. The van der Waals surface area contributed by atoms with Crippen LogP contribution < -0.4 is 10.6 Å². The third kappa shape index (κ3) is 6.72. The lowest BCUT2D eigenvalue weighted by Gasteiger charge is -2.34. The van der Waals surface area contributed by atoms with Gasteiger partial charge in [-0.2, -0.15) is 0 Å². The fourth-order valence-electron chi connectivity index (χ4n) is 3.18. The van der Waals surface area contributed by atoms with Gasteiger partial charge in [-0.3, -0.25) is 4.99 Å². The van der Waals surface area contributed by atoms with E-state index in [4.69, 9.17) is 4.99 Å². The highest BCUT2D eigenvalue weighted by Gasteiger charge is 2.26. The van der Waals surface area contributed by atoms with Gasteiger partial charge < -0.3 is 15.5 Å². The molecule has 0 spiro atoms. The van der Waals surface area contributed by atoms with Crippen LogP contribution >= 0.6 is 24.0 Å². The van der Waals surface area contributed by atoms with Gasteiger partial charge in [-0.1, -0.05) is 19.3 Å². The second-order valence-corrected chi connectivity index (χ2v) is 6.57. The Kier molecular flexibility index (Phi) is 8.94. The van der Waals surface area contributed by atoms with Crippen LogP contribution in [0.2, 0.25) is 0 Å². The van der Waals surface area contributed by atoms with Gasteiger partial charge in [0.15, 0.2) is 5.96 Å². The van der Waals surface area contributed by atoms with Crippen molar-refractivity contribution in [2.24, 2.45) is 10.9 Å². The Morgan fingerprint density at radius 1 is 1.14 bits per heavy atom. The van der Waals surface area contributed by atoms with Crippen LogP contribution in [-0.4, -0.2) is 50.1 Å². The first kappa shape index (κ1) is 19.0. The zero-order chi connectivity index (χ0) is 14.4. The summed E-state index contributed by atoms with van der Waals surface area (Å²) in [5.41, 5.74) is 0. The maximum Gasteiger partial charge on any atom is 0.191 e. The van der Waals surface area contributed by atoms with Crippen molar-refractivity contribution < 1.29 is 0 Å². The third-order valence-electron chi connectivity index (χ3n) is 4.56. The van der Waals surface area contributed by atoms with Crippen molar-refractivity contribution in [2.45, 2.75) is 64.0 Å². The van der Waals surface area contributed by atoms with Crippen LogP contribution in [0.1, 0.15) is 51.9 Å². The highest BCUT2D eigenvalue weighted by molar-refractivity contribution is 14.0. The highest BCUT2D eigenvalue weighted by Crippen LogP contribution is 2.28. The summed E-state index contributed by atoms with van der Waals surface area (Å²) in [6.07, 6.45) is 9.58. The molecule has 2 aliphatic carbocycles. The highest BCUT2D eigenvalue weighted by atomic mass is 127. The molecule has 2 aliphatic rings.